The molecule has 21 heavy (non-hydrogen) atoms. The summed E-state index contributed by atoms with van der Waals surface area (Å²) in [4.78, 5) is 12.4. The number of thioether (sulfide) groups is 1. The van der Waals surface area contributed by atoms with E-state index in [1.165, 1.54) is 0 Å². The lowest BCUT2D eigenvalue weighted by Gasteiger charge is -2.11. The zero-order chi connectivity index (χ0) is 15.2. The van der Waals surface area contributed by atoms with E-state index in [1.54, 1.807) is 18.9 Å². The molecule has 0 aliphatic rings. The number of hydrogen-bond donors (Lipinski definition) is 1. The van der Waals surface area contributed by atoms with Gasteiger partial charge in [-0.15, -0.1) is 0 Å². The molecular weight excluding hydrogens is 282 g/mol. The molecule has 0 radical (unpaired) electrons. The number of anilines is 1. The van der Waals surface area contributed by atoms with E-state index in [2.05, 4.69) is 5.32 Å². The SMILES string of the molecule is COc1ccc(C)cc1NC(=O)c1cccc(CSC)c1. The molecule has 4 heteroatoms. The van der Waals surface area contributed by atoms with Crippen LogP contribution in [0, 0.1) is 6.92 Å². The van der Waals surface area contributed by atoms with Gasteiger partial charge in [-0.3, -0.25) is 4.79 Å². The van der Waals surface area contributed by atoms with Crippen LogP contribution < -0.4 is 10.1 Å². The average Bonchev–Trinajstić information content (AvgIpc) is 2.48. The minimum atomic E-state index is -0.123. The van der Waals surface area contributed by atoms with Gasteiger partial charge in [0.2, 0.25) is 0 Å². The van der Waals surface area contributed by atoms with Crippen LogP contribution in [0.15, 0.2) is 42.5 Å². The Labute approximate surface area is 129 Å². The van der Waals surface area contributed by atoms with E-state index in [0.717, 1.165) is 16.9 Å². The Bertz CT molecular complexity index is 640. The van der Waals surface area contributed by atoms with Gasteiger partial charge in [0.1, 0.15) is 5.75 Å². The maximum absolute atomic E-state index is 12.4. The van der Waals surface area contributed by atoms with Crippen molar-refractivity contribution in [2.24, 2.45) is 0 Å². The molecule has 2 aromatic rings. The Balaban J connectivity index is 2.21. The van der Waals surface area contributed by atoms with E-state index in [4.69, 9.17) is 4.74 Å². The van der Waals surface area contributed by atoms with E-state index in [1.807, 2.05) is 55.6 Å². The maximum atomic E-state index is 12.4. The van der Waals surface area contributed by atoms with Crippen LogP contribution in [0.3, 0.4) is 0 Å². The van der Waals surface area contributed by atoms with Gasteiger partial charge >= 0.3 is 0 Å². The Morgan fingerprint density at radius 1 is 1.24 bits per heavy atom. The van der Waals surface area contributed by atoms with E-state index in [0.29, 0.717) is 17.0 Å². The molecule has 0 saturated heterocycles. The van der Waals surface area contributed by atoms with Crippen molar-refractivity contribution in [1.29, 1.82) is 0 Å². The number of carbonyl (C=O) groups excluding carboxylic acids is 1. The van der Waals surface area contributed by atoms with Crippen LogP contribution in [-0.2, 0) is 5.75 Å². The van der Waals surface area contributed by atoms with Crippen molar-refractivity contribution in [3.05, 3.63) is 59.2 Å². The van der Waals surface area contributed by atoms with Crippen LogP contribution in [0.2, 0.25) is 0 Å². The van der Waals surface area contributed by atoms with Crippen molar-refractivity contribution in [3.63, 3.8) is 0 Å². The van der Waals surface area contributed by atoms with Crippen LogP contribution in [-0.4, -0.2) is 19.3 Å². The van der Waals surface area contributed by atoms with Crippen LogP contribution in [0.1, 0.15) is 21.5 Å². The third-order valence-corrected chi connectivity index (χ3v) is 3.73. The molecule has 0 aliphatic heterocycles. The largest absolute Gasteiger partial charge is 0.495 e. The third kappa shape index (κ3) is 4.02. The maximum Gasteiger partial charge on any atom is 0.255 e. The topological polar surface area (TPSA) is 38.3 Å². The predicted molar refractivity (Wildman–Crippen MR) is 89.3 cm³/mol. The fourth-order valence-electron chi connectivity index (χ4n) is 2.08. The van der Waals surface area contributed by atoms with Crippen LogP contribution in [0.5, 0.6) is 5.75 Å². The molecule has 2 rings (SSSR count). The van der Waals surface area contributed by atoms with Crippen molar-refractivity contribution in [2.75, 3.05) is 18.7 Å². The van der Waals surface area contributed by atoms with Gasteiger partial charge in [-0.05, 0) is 48.6 Å². The average molecular weight is 301 g/mol. The van der Waals surface area contributed by atoms with Crippen LogP contribution in [0.4, 0.5) is 5.69 Å². The van der Waals surface area contributed by atoms with Gasteiger partial charge in [-0.25, -0.2) is 0 Å². The normalized spacial score (nSPS) is 10.2. The second-order valence-electron chi connectivity index (χ2n) is 4.79. The summed E-state index contributed by atoms with van der Waals surface area (Å²) in [6.07, 6.45) is 2.05. The van der Waals surface area contributed by atoms with E-state index >= 15 is 0 Å². The fraction of sp³-hybridized carbons (Fsp3) is 0.235. The smallest absolute Gasteiger partial charge is 0.255 e. The van der Waals surface area contributed by atoms with Gasteiger partial charge in [0.05, 0.1) is 12.8 Å². The molecule has 110 valence electrons. The summed E-state index contributed by atoms with van der Waals surface area (Å²) in [5, 5.41) is 2.92. The second kappa shape index (κ2) is 7.18. The highest BCUT2D eigenvalue weighted by Gasteiger charge is 2.10. The molecule has 2 aromatic carbocycles. The second-order valence-corrected chi connectivity index (χ2v) is 5.66. The Morgan fingerprint density at radius 3 is 2.76 bits per heavy atom. The van der Waals surface area contributed by atoms with Crippen molar-refractivity contribution in [3.8, 4) is 5.75 Å². The first-order chi connectivity index (χ1) is 10.1. The van der Waals surface area contributed by atoms with Gasteiger partial charge in [0, 0.05) is 11.3 Å². The molecule has 1 amide bonds. The molecule has 3 nitrogen and oxygen atoms in total. The minimum absolute atomic E-state index is 0.123. The molecule has 1 N–H and O–H groups in total. The van der Waals surface area contributed by atoms with Crippen LogP contribution >= 0.6 is 11.8 Å². The molecule has 0 heterocycles. The molecule has 0 unspecified atom stereocenters. The number of aryl methyl sites for hydroxylation is 1. The zero-order valence-electron chi connectivity index (χ0n) is 12.5. The summed E-state index contributed by atoms with van der Waals surface area (Å²) >= 11 is 1.74. The van der Waals surface area contributed by atoms with Crippen molar-refractivity contribution in [2.45, 2.75) is 12.7 Å². The van der Waals surface area contributed by atoms with Crippen molar-refractivity contribution < 1.29 is 9.53 Å². The number of nitrogens with one attached hydrogen (secondary N) is 1. The number of methoxy groups -OCH3 is 1. The highest BCUT2D eigenvalue weighted by Crippen LogP contribution is 2.25. The van der Waals surface area contributed by atoms with Crippen molar-refractivity contribution in [1.82, 2.24) is 0 Å². The predicted octanol–water partition coefficient (Wildman–Crippen LogP) is 4.12. The summed E-state index contributed by atoms with van der Waals surface area (Å²) in [5.41, 5.74) is 3.57. The summed E-state index contributed by atoms with van der Waals surface area (Å²) in [5.74, 6) is 1.44. The fourth-order valence-corrected chi connectivity index (χ4v) is 2.60. The summed E-state index contributed by atoms with van der Waals surface area (Å²) in [7, 11) is 1.60. The first kappa shape index (κ1) is 15.4. The molecule has 0 bridgehead atoms. The molecule has 0 aromatic heterocycles. The number of hydrogen-bond acceptors (Lipinski definition) is 3. The van der Waals surface area contributed by atoms with Gasteiger partial charge < -0.3 is 10.1 Å². The lowest BCUT2D eigenvalue weighted by Crippen LogP contribution is -2.13. The van der Waals surface area contributed by atoms with Crippen molar-refractivity contribution >= 4 is 23.4 Å². The van der Waals surface area contributed by atoms with Gasteiger partial charge in [0.15, 0.2) is 0 Å². The summed E-state index contributed by atoms with van der Waals surface area (Å²) in [6, 6.07) is 13.4. The quantitative estimate of drug-likeness (QED) is 0.903. The van der Waals surface area contributed by atoms with Crippen LogP contribution in [0.25, 0.3) is 0 Å². The number of rotatable bonds is 5. The van der Waals surface area contributed by atoms with E-state index < -0.39 is 0 Å². The first-order valence-corrected chi connectivity index (χ1v) is 8.07. The number of benzene rings is 2. The Morgan fingerprint density at radius 2 is 2.05 bits per heavy atom. The number of carbonyl (C=O) groups is 1. The molecule has 0 fully saturated rings. The Kier molecular flexibility index (Phi) is 5.28. The monoisotopic (exact) mass is 301 g/mol. The highest BCUT2D eigenvalue weighted by atomic mass is 32.2. The van der Waals surface area contributed by atoms with E-state index in [-0.39, 0.29) is 5.91 Å². The molecular formula is C17H19NO2S. The molecule has 0 spiro atoms. The van der Waals surface area contributed by atoms with Gasteiger partial charge in [-0.1, -0.05) is 18.2 Å². The zero-order valence-corrected chi connectivity index (χ0v) is 13.3. The summed E-state index contributed by atoms with van der Waals surface area (Å²) in [6.45, 7) is 1.98. The van der Waals surface area contributed by atoms with Gasteiger partial charge in [0.25, 0.3) is 5.91 Å². The lowest BCUT2D eigenvalue weighted by molar-refractivity contribution is 0.102. The first-order valence-electron chi connectivity index (χ1n) is 6.68. The standard InChI is InChI=1S/C17H19NO2S/c1-12-7-8-16(20-2)15(9-12)18-17(19)14-6-4-5-13(10-14)11-21-3/h4-10H,11H2,1-3H3,(H,18,19). The Hall–Kier alpha value is -1.94. The number of amides is 1. The molecule has 0 aliphatic carbocycles. The summed E-state index contributed by atoms with van der Waals surface area (Å²) < 4.78 is 5.28. The minimum Gasteiger partial charge on any atom is -0.495 e. The third-order valence-electron chi connectivity index (χ3n) is 3.10. The van der Waals surface area contributed by atoms with E-state index in [9.17, 15) is 4.79 Å². The molecule has 0 saturated carbocycles. The highest BCUT2D eigenvalue weighted by molar-refractivity contribution is 7.97. The van der Waals surface area contributed by atoms with Gasteiger partial charge in [-0.2, -0.15) is 11.8 Å². The number of ether oxygens (including phenoxy) is 1. The lowest BCUT2D eigenvalue weighted by atomic mass is 10.1. The molecule has 0 atom stereocenters.